The van der Waals surface area contributed by atoms with Crippen LogP contribution >= 0.6 is 0 Å². The maximum absolute atomic E-state index is 12.8. The van der Waals surface area contributed by atoms with E-state index in [1.54, 1.807) is 0 Å². The maximum atomic E-state index is 12.8. The van der Waals surface area contributed by atoms with Crippen LogP contribution in [0.1, 0.15) is 31.9 Å². The second-order valence-corrected chi connectivity index (χ2v) is 7.56. The summed E-state index contributed by atoms with van der Waals surface area (Å²) in [6, 6.07) is 20.9. The van der Waals surface area contributed by atoms with Gasteiger partial charge < -0.3 is 10.1 Å². The monoisotopic (exact) mass is 334 g/mol. The molecule has 1 amide bonds. The lowest BCUT2D eigenvalue weighted by molar-refractivity contribution is -0.201. The number of benzene rings is 2. The molecule has 3 aliphatic heterocycles. The van der Waals surface area contributed by atoms with Crippen molar-refractivity contribution in [1.29, 1.82) is 0 Å². The fourth-order valence-corrected chi connectivity index (χ4v) is 5.57. The van der Waals surface area contributed by atoms with Gasteiger partial charge in [-0.2, -0.15) is 0 Å². The molecule has 0 spiro atoms. The normalized spacial score (nSPS) is 44.1. The number of nitrogens with one attached hydrogen (secondary N) is 1. The van der Waals surface area contributed by atoms with Crippen molar-refractivity contribution in [3.8, 4) is 0 Å². The third-order valence-corrected chi connectivity index (χ3v) is 6.49. The number of carbonyl (C=O) groups excluding carboxylic acids is 1. The molecule has 4 nitrogen and oxygen atoms in total. The lowest BCUT2D eigenvalue weighted by atomic mass is 9.70. The number of carbonyl (C=O) groups is 1. The molecule has 1 N–H and O–H groups in total. The Hall–Kier alpha value is -2.17. The molecule has 3 fully saturated rings. The van der Waals surface area contributed by atoms with Crippen molar-refractivity contribution in [2.75, 3.05) is 0 Å². The van der Waals surface area contributed by atoms with Crippen LogP contribution < -0.4 is 5.32 Å². The van der Waals surface area contributed by atoms with Crippen molar-refractivity contribution >= 4 is 5.91 Å². The predicted molar refractivity (Wildman–Crippen MR) is 94.6 cm³/mol. The summed E-state index contributed by atoms with van der Waals surface area (Å²) < 4.78 is 6.69. The van der Waals surface area contributed by atoms with E-state index < -0.39 is 11.3 Å². The Kier molecular flexibility index (Phi) is 2.73. The SMILES string of the molecule is CC1NC(=O)C2(C)OC1(c1ccccc1)C1(c3ccccc3)C(C)N21. The Morgan fingerprint density at radius 3 is 2.12 bits per heavy atom. The van der Waals surface area contributed by atoms with Crippen LogP contribution in [0, 0.1) is 0 Å². The maximum Gasteiger partial charge on any atom is 0.267 e. The lowest BCUT2D eigenvalue weighted by Gasteiger charge is -2.48. The van der Waals surface area contributed by atoms with E-state index in [-0.39, 0.29) is 23.5 Å². The molecule has 4 heteroatoms. The van der Waals surface area contributed by atoms with Gasteiger partial charge in [0.2, 0.25) is 5.72 Å². The molecule has 0 saturated carbocycles. The molecule has 2 bridgehead atoms. The number of amides is 1. The molecule has 2 aromatic carbocycles. The summed E-state index contributed by atoms with van der Waals surface area (Å²) in [5, 5.41) is 3.19. The van der Waals surface area contributed by atoms with Crippen LogP contribution in [0.25, 0.3) is 0 Å². The second-order valence-electron chi connectivity index (χ2n) is 7.56. The number of nitrogens with zero attached hydrogens (tertiary/aromatic N) is 1. The van der Waals surface area contributed by atoms with Crippen LogP contribution in [-0.4, -0.2) is 28.6 Å². The third kappa shape index (κ3) is 1.45. The minimum absolute atomic E-state index is 0.0475. The highest BCUT2D eigenvalue weighted by atomic mass is 16.6. The van der Waals surface area contributed by atoms with Crippen molar-refractivity contribution in [3.05, 3.63) is 71.8 Å². The number of rotatable bonds is 2. The van der Waals surface area contributed by atoms with Crippen LogP contribution in [0.2, 0.25) is 0 Å². The number of ether oxygens (including phenoxy) is 1. The summed E-state index contributed by atoms with van der Waals surface area (Å²) in [5.74, 6) is -0.0475. The molecule has 3 aliphatic rings. The van der Waals surface area contributed by atoms with Crippen molar-refractivity contribution in [2.24, 2.45) is 0 Å². The van der Waals surface area contributed by atoms with E-state index in [4.69, 9.17) is 4.74 Å². The standard InChI is InChI=1S/C21H22N2O2/c1-14-21(17-12-8-5-9-13-17)20(16-10-6-4-7-11-16)15(2)23(20)19(3,25-21)18(24)22-14/h4-15H,1-3H3,(H,22,24). The van der Waals surface area contributed by atoms with E-state index in [1.165, 1.54) is 5.56 Å². The van der Waals surface area contributed by atoms with E-state index in [0.29, 0.717) is 0 Å². The zero-order valence-corrected chi connectivity index (χ0v) is 14.7. The first kappa shape index (κ1) is 15.1. The zero-order chi connectivity index (χ0) is 17.4. The van der Waals surface area contributed by atoms with E-state index in [1.807, 2.05) is 31.2 Å². The van der Waals surface area contributed by atoms with Gasteiger partial charge in [-0.1, -0.05) is 60.7 Å². The first-order valence-corrected chi connectivity index (χ1v) is 8.91. The Morgan fingerprint density at radius 1 is 0.960 bits per heavy atom. The Morgan fingerprint density at radius 2 is 1.52 bits per heavy atom. The smallest absolute Gasteiger partial charge is 0.267 e. The van der Waals surface area contributed by atoms with Gasteiger partial charge in [0.05, 0.1) is 6.04 Å². The summed E-state index contributed by atoms with van der Waals surface area (Å²) in [5.41, 5.74) is 0.418. The van der Waals surface area contributed by atoms with Gasteiger partial charge in [-0.25, -0.2) is 4.90 Å². The highest BCUT2D eigenvalue weighted by Gasteiger charge is 2.88. The van der Waals surface area contributed by atoms with Crippen LogP contribution in [0.4, 0.5) is 0 Å². The molecule has 25 heavy (non-hydrogen) atoms. The number of hydrogen-bond acceptors (Lipinski definition) is 3. The van der Waals surface area contributed by atoms with Crippen molar-refractivity contribution < 1.29 is 9.53 Å². The predicted octanol–water partition coefficient (Wildman–Crippen LogP) is 2.75. The molecule has 0 aromatic heterocycles. The fraction of sp³-hybridized carbons (Fsp3) is 0.381. The quantitative estimate of drug-likeness (QED) is 0.859. The first-order valence-electron chi connectivity index (χ1n) is 8.91. The molecule has 0 aliphatic carbocycles. The summed E-state index contributed by atoms with van der Waals surface area (Å²) in [6.07, 6.45) is 0. The Labute approximate surface area is 147 Å². The van der Waals surface area contributed by atoms with E-state index >= 15 is 0 Å². The minimum atomic E-state index is -0.947. The molecule has 3 heterocycles. The van der Waals surface area contributed by atoms with Gasteiger partial charge in [0.15, 0.2) is 0 Å². The summed E-state index contributed by atoms with van der Waals surface area (Å²) in [6.45, 7) is 6.17. The zero-order valence-electron chi connectivity index (χ0n) is 14.7. The number of morpholine rings is 1. The summed E-state index contributed by atoms with van der Waals surface area (Å²) in [4.78, 5) is 15.1. The van der Waals surface area contributed by atoms with Crippen LogP contribution in [0.5, 0.6) is 0 Å². The van der Waals surface area contributed by atoms with Crippen molar-refractivity contribution in [2.45, 2.75) is 49.7 Å². The van der Waals surface area contributed by atoms with E-state index in [0.717, 1.165) is 5.56 Å². The summed E-state index contributed by atoms with van der Waals surface area (Å²) in [7, 11) is 0. The van der Waals surface area contributed by atoms with Gasteiger partial charge in [-0.3, -0.25) is 4.79 Å². The highest BCUT2D eigenvalue weighted by molar-refractivity contribution is 5.88. The largest absolute Gasteiger partial charge is 0.347 e. The molecule has 128 valence electrons. The first-order chi connectivity index (χ1) is 12.0. The second kappa shape index (κ2) is 4.51. The average molecular weight is 334 g/mol. The van der Waals surface area contributed by atoms with E-state index in [2.05, 4.69) is 60.5 Å². The van der Waals surface area contributed by atoms with Crippen LogP contribution in [-0.2, 0) is 20.7 Å². The van der Waals surface area contributed by atoms with Gasteiger partial charge in [-0.05, 0) is 31.9 Å². The van der Waals surface area contributed by atoms with Crippen molar-refractivity contribution in [3.63, 3.8) is 0 Å². The van der Waals surface area contributed by atoms with Crippen LogP contribution in [0.3, 0.4) is 0 Å². The number of fused-ring (bicyclic) bond motifs is 5. The Bertz CT molecular complexity index is 855. The molecule has 6 unspecified atom stereocenters. The van der Waals surface area contributed by atoms with E-state index in [9.17, 15) is 4.79 Å². The van der Waals surface area contributed by atoms with Gasteiger partial charge in [0, 0.05) is 6.04 Å². The minimum Gasteiger partial charge on any atom is -0.347 e. The molecular formula is C21H22N2O2. The third-order valence-electron chi connectivity index (χ3n) is 6.49. The van der Waals surface area contributed by atoms with Gasteiger partial charge in [0.25, 0.3) is 5.91 Å². The molecule has 6 atom stereocenters. The molecule has 2 aromatic rings. The highest BCUT2D eigenvalue weighted by Crippen LogP contribution is 2.73. The topological polar surface area (TPSA) is 41.3 Å². The molecule has 5 rings (SSSR count). The summed E-state index contributed by atoms with van der Waals surface area (Å²) >= 11 is 0. The van der Waals surface area contributed by atoms with Gasteiger partial charge >= 0.3 is 0 Å². The Balaban J connectivity index is 1.84. The molecule has 0 radical (unpaired) electrons. The van der Waals surface area contributed by atoms with Gasteiger partial charge in [0.1, 0.15) is 11.1 Å². The number of hydrogen-bond donors (Lipinski definition) is 1. The average Bonchev–Trinajstić information content (AvgIpc) is 3.19. The lowest BCUT2D eigenvalue weighted by Crippen LogP contribution is -2.66. The van der Waals surface area contributed by atoms with Crippen molar-refractivity contribution in [1.82, 2.24) is 10.2 Å². The molecule has 3 saturated heterocycles. The van der Waals surface area contributed by atoms with Gasteiger partial charge in [-0.15, -0.1) is 0 Å². The fourth-order valence-electron chi connectivity index (χ4n) is 5.57. The van der Waals surface area contributed by atoms with Crippen LogP contribution in [0.15, 0.2) is 60.7 Å². The molecular weight excluding hydrogens is 312 g/mol.